The van der Waals surface area contributed by atoms with Crippen molar-refractivity contribution in [2.75, 3.05) is 18.0 Å². The van der Waals surface area contributed by atoms with Crippen LogP contribution in [0.1, 0.15) is 12.8 Å². The van der Waals surface area contributed by atoms with Gasteiger partial charge in [-0.3, -0.25) is 4.79 Å². The van der Waals surface area contributed by atoms with Crippen LogP contribution in [0, 0.1) is 23.4 Å². The minimum Gasteiger partial charge on any atom is -0.481 e. The number of carbonyl (C=O) groups is 1. The molecule has 1 fully saturated rings. The van der Waals surface area contributed by atoms with Gasteiger partial charge in [0.1, 0.15) is 0 Å². The zero-order chi connectivity index (χ0) is 13.3. The average Bonchev–Trinajstić information content (AvgIpc) is 2.36. The highest BCUT2D eigenvalue weighted by Crippen LogP contribution is 2.27. The van der Waals surface area contributed by atoms with Crippen LogP contribution in [-0.2, 0) is 4.79 Å². The lowest BCUT2D eigenvalue weighted by Crippen LogP contribution is -2.36. The van der Waals surface area contributed by atoms with Gasteiger partial charge in [-0.2, -0.15) is 0 Å². The maximum absolute atomic E-state index is 13.5. The predicted octanol–water partition coefficient (Wildman–Crippen LogP) is 2.40. The van der Waals surface area contributed by atoms with Gasteiger partial charge in [0.25, 0.3) is 0 Å². The normalized spacial score (nSPS) is 16.9. The number of aliphatic carboxylic acids is 1. The first kappa shape index (κ1) is 12.7. The van der Waals surface area contributed by atoms with Gasteiger partial charge in [-0.15, -0.1) is 0 Å². The van der Waals surface area contributed by atoms with Crippen molar-refractivity contribution in [1.29, 1.82) is 0 Å². The van der Waals surface area contributed by atoms with Crippen molar-refractivity contribution in [3.63, 3.8) is 0 Å². The monoisotopic (exact) mass is 259 g/mol. The zero-order valence-electron chi connectivity index (χ0n) is 9.50. The summed E-state index contributed by atoms with van der Waals surface area (Å²) in [6.45, 7) is 0.637. The Morgan fingerprint density at radius 2 is 1.78 bits per heavy atom. The molecule has 1 aromatic rings. The van der Waals surface area contributed by atoms with Crippen LogP contribution in [0.4, 0.5) is 18.9 Å². The average molecular weight is 259 g/mol. The van der Waals surface area contributed by atoms with E-state index in [9.17, 15) is 18.0 Å². The Kier molecular flexibility index (Phi) is 3.45. The second-order valence-electron chi connectivity index (χ2n) is 4.29. The van der Waals surface area contributed by atoms with Crippen LogP contribution >= 0.6 is 0 Å². The molecule has 2 rings (SSSR count). The van der Waals surface area contributed by atoms with E-state index >= 15 is 0 Å². The molecule has 0 saturated carbocycles. The van der Waals surface area contributed by atoms with E-state index in [-0.39, 0.29) is 5.69 Å². The zero-order valence-corrected chi connectivity index (χ0v) is 9.50. The van der Waals surface area contributed by atoms with Gasteiger partial charge in [-0.1, -0.05) is 0 Å². The van der Waals surface area contributed by atoms with E-state index in [2.05, 4.69) is 0 Å². The van der Waals surface area contributed by atoms with Crippen LogP contribution in [0.3, 0.4) is 0 Å². The lowest BCUT2D eigenvalue weighted by Gasteiger charge is -2.32. The fourth-order valence-corrected chi connectivity index (χ4v) is 2.13. The van der Waals surface area contributed by atoms with Gasteiger partial charge in [0, 0.05) is 13.1 Å². The summed E-state index contributed by atoms with van der Waals surface area (Å²) in [6, 6.07) is 2.05. The summed E-state index contributed by atoms with van der Waals surface area (Å²) in [4.78, 5) is 12.3. The van der Waals surface area contributed by atoms with E-state index in [0.717, 1.165) is 6.07 Å². The number of hydrogen-bond acceptors (Lipinski definition) is 2. The Balaban J connectivity index is 2.15. The van der Waals surface area contributed by atoms with Crippen LogP contribution < -0.4 is 4.90 Å². The number of halogens is 3. The molecule has 0 aromatic heterocycles. The van der Waals surface area contributed by atoms with Crippen molar-refractivity contribution in [1.82, 2.24) is 0 Å². The molecule has 18 heavy (non-hydrogen) atoms. The predicted molar refractivity (Wildman–Crippen MR) is 58.9 cm³/mol. The molecule has 0 aliphatic carbocycles. The molecule has 1 aromatic carbocycles. The van der Waals surface area contributed by atoms with Crippen molar-refractivity contribution >= 4 is 11.7 Å². The molecule has 0 amide bonds. The summed E-state index contributed by atoms with van der Waals surface area (Å²) in [7, 11) is 0. The molecule has 1 saturated heterocycles. The number of rotatable bonds is 2. The molecular weight excluding hydrogens is 247 g/mol. The Hall–Kier alpha value is -1.72. The van der Waals surface area contributed by atoms with E-state index < -0.39 is 29.3 Å². The molecule has 0 bridgehead atoms. The third kappa shape index (κ3) is 2.27. The van der Waals surface area contributed by atoms with Gasteiger partial charge < -0.3 is 10.0 Å². The molecule has 1 aliphatic heterocycles. The topological polar surface area (TPSA) is 40.5 Å². The molecular formula is C12H12F3NO2. The highest BCUT2D eigenvalue weighted by Gasteiger charge is 2.27. The van der Waals surface area contributed by atoms with Gasteiger partial charge in [-0.25, -0.2) is 13.2 Å². The van der Waals surface area contributed by atoms with Gasteiger partial charge in [0.15, 0.2) is 17.5 Å². The van der Waals surface area contributed by atoms with Crippen LogP contribution in [0.25, 0.3) is 0 Å². The third-order valence-electron chi connectivity index (χ3n) is 3.20. The molecule has 0 spiro atoms. The fourth-order valence-electron chi connectivity index (χ4n) is 2.13. The van der Waals surface area contributed by atoms with Gasteiger partial charge in [0.2, 0.25) is 0 Å². The smallest absolute Gasteiger partial charge is 0.306 e. The first-order valence-corrected chi connectivity index (χ1v) is 5.62. The summed E-state index contributed by atoms with van der Waals surface area (Å²) in [6.07, 6.45) is 0.738. The van der Waals surface area contributed by atoms with Gasteiger partial charge >= 0.3 is 5.97 Å². The standard InChI is InChI=1S/C12H12F3NO2/c13-8-1-2-9(11(15)10(8)14)16-5-3-7(4-6-16)12(17)18/h1-2,7H,3-6H2,(H,17,18). The molecule has 1 heterocycles. The van der Waals surface area contributed by atoms with Crippen molar-refractivity contribution in [2.45, 2.75) is 12.8 Å². The fraction of sp³-hybridized carbons (Fsp3) is 0.417. The number of hydrogen-bond donors (Lipinski definition) is 1. The Bertz CT molecular complexity index is 471. The van der Waals surface area contributed by atoms with Crippen LogP contribution in [-0.4, -0.2) is 24.2 Å². The Morgan fingerprint density at radius 3 is 2.33 bits per heavy atom. The molecule has 0 unspecified atom stereocenters. The molecule has 98 valence electrons. The minimum atomic E-state index is -1.49. The maximum atomic E-state index is 13.5. The van der Waals surface area contributed by atoms with Crippen LogP contribution in [0.2, 0.25) is 0 Å². The highest BCUT2D eigenvalue weighted by molar-refractivity contribution is 5.70. The first-order valence-electron chi connectivity index (χ1n) is 5.62. The first-order chi connectivity index (χ1) is 8.50. The SMILES string of the molecule is O=C(O)C1CCN(c2ccc(F)c(F)c2F)CC1. The van der Waals surface area contributed by atoms with Gasteiger partial charge in [-0.05, 0) is 25.0 Å². The molecule has 6 heteroatoms. The summed E-state index contributed by atoms with van der Waals surface area (Å²) >= 11 is 0. The second-order valence-corrected chi connectivity index (χ2v) is 4.29. The Morgan fingerprint density at radius 1 is 1.17 bits per heavy atom. The largest absolute Gasteiger partial charge is 0.481 e. The third-order valence-corrected chi connectivity index (χ3v) is 3.20. The van der Waals surface area contributed by atoms with E-state index in [4.69, 9.17) is 5.11 Å². The molecule has 0 atom stereocenters. The van der Waals surface area contributed by atoms with Crippen molar-refractivity contribution in [3.8, 4) is 0 Å². The summed E-state index contributed by atoms with van der Waals surface area (Å²) < 4.78 is 39.4. The number of carboxylic acid groups (broad SMARTS) is 1. The maximum Gasteiger partial charge on any atom is 0.306 e. The van der Waals surface area contributed by atoms with Gasteiger partial charge in [0.05, 0.1) is 11.6 Å². The summed E-state index contributed by atoms with van der Waals surface area (Å²) in [5.41, 5.74) is -0.0160. The van der Waals surface area contributed by atoms with Crippen LogP contribution in [0.5, 0.6) is 0 Å². The molecule has 0 radical (unpaired) electrons. The molecule has 1 aliphatic rings. The number of piperidine rings is 1. The number of anilines is 1. The van der Waals surface area contributed by atoms with Crippen molar-refractivity contribution in [2.24, 2.45) is 5.92 Å². The van der Waals surface area contributed by atoms with E-state index in [1.54, 1.807) is 0 Å². The van der Waals surface area contributed by atoms with Crippen molar-refractivity contribution < 1.29 is 23.1 Å². The van der Waals surface area contributed by atoms with E-state index in [1.807, 2.05) is 0 Å². The quantitative estimate of drug-likeness (QED) is 0.829. The van der Waals surface area contributed by atoms with Crippen molar-refractivity contribution in [3.05, 3.63) is 29.6 Å². The van der Waals surface area contributed by atoms with E-state index in [0.29, 0.717) is 25.9 Å². The molecule has 3 nitrogen and oxygen atoms in total. The Labute approximate surface area is 102 Å². The number of carboxylic acids is 1. The van der Waals surface area contributed by atoms with E-state index in [1.165, 1.54) is 11.0 Å². The number of benzene rings is 1. The lowest BCUT2D eigenvalue weighted by molar-refractivity contribution is -0.142. The lowest BCUT2D eigenvalue weighted by atomic mass is 9.96. The van der Waals surface area contributed by atoms with Crippen LogP contribution in [0.15, 0.2) is 12.1 Å². The minimum absolute atomic E-state index is 0.0160. The highest BCUT2D eigenvalue weighted by atomic mass is 19.2. The second kappa shape index (κ2) is 4.88. The number of nitrogens with zero attached hydrogens (tertiary/aromatic N) is 1. The summed E-state index contributed by atoms with van der Waals surface area (Å²) in [5.74, 6) is -5.26. The molecule has 1 N–H and O–H groups in total. The summed E-state index contributed by atoms with van der Waals surface area (Å²) in [5, 5.41) is 8.83.